The second kappa shape index (κ2) is 10.4. The summed E-state index contributed by atoms with van der Waals surface area (Å²) < 4.78 is 2.02. The third-order valence-corrected chi connectivity index (χ3v) is 7.93. The Bertz CT molecular complexity index is 1700. The predicted octanol–water partition coefficient (Wildman–Crippen LogP) is 6.25. The number of fused-ring (bicyclic) bond motifs is 2. The van der Waals surface area contributed by atoms with Crippen LogP contribution in [0.5, 0.6) is 0 Å². The molecule has 5 heterocycles. The minimum Gasteiger partial charge on any atom is -0.365 e. The van der Waals surface area contributed by atoms with Crippen molar-refractivity contribution in [1.29, 1.82) is 0 Å². The minimum absolute atomic E-state index is 0.310. The summed E-state index contributed by atoms with van der Waals surface area (Å²) in [6.45, 7) is 3.06. The SMILES string of the molecule is c1ccc(CN2CCC(Nc3nc(Nc4nccc5ccccc45)nc4c3ncn4-c3ccsc3)CC2)cc1. The number of anilines is 3. The molecule has 194 valence electrons. The van der Waals surface area contributed by atoms with E-state index in [2.05, 4.69) is 79.8 Å². The van der Waals surface area contributed by atoms with Crippen LogP contribution in [-0.2, 0) is 6.54 Å². The zero-order valence-corrected chi connectivity index (χ0v) is 22.2. The Kier molecular flexibility index (Phi) is 6.36. The summed E-state index contributed by atoms with van der Waals surface area (Å²) in [7, 11) is 0. The Morgan fingerprint density at radius 2 is 1.72 bits per heavy atom. The molecule has 1 fully saturated rings. The summed E-state index contributed by atoms with van der Waals surface area (Å²) in [6, 6.07) is 23.3. The van der Waals surface area contributed by atoms with Crippen LogP contribution in [0.15, 0.2) is 90.0 Å². The van der Waals surface area contributed by atoms with Crippen molar-refractivity contribution in [2.45, 2.75) is 25.4 Å². The molecule has 2 aromatic carbocycles. The maximum absolute atomic E-state index is 4.92. The number of piperidine rings is 1. The monoisotopic (exact) mass is 532 g/mol. The van der Waals surface area contributed by atoms with Gasteiger partial charge in [0.05, 0.1) is 5.69 Å². The van der Waals surface area contributed by atoms with Crippen molar-refractivity contribution >= 4 is 50.9 Å². The van der Waals surface area contributed by atoms with Crippen LogP contribution < -0.4 is 10.6 Å². The maximum atomic E-state index is 4.92. The lowest BCUT2D eigenvalue weighted by molar-refractivity contribution is 0.211. The molecule has 2 N–H and O–H groups in total. The van der Waals surface area contributed by atoms with E-state index in [0.29, 0.717) is 12.0 Å². The number of hydrogen-bond acceptors (Lipinski definition) is 8. The molecule has 4 aromatic heterocycles. The Morgan fingerprint density at radius 3 is 2.56 bits per heavy atom. The average molecular weight is 533 g/mol. The zero-order chi connectivity index (χ0) is 26.0. The van der Waals surface area contributed by atoms with Crippen LogP contribution in [0.4, 0.5) is 17.6 Å². The molecule has 0 bridgehead atoms. The van der Waals surface area contributed by atoms with Gasteiger partial charge in [0.25, 0.3) is 0 Å². The summed E-state index contributed by atoms with van der Waals surface area (Å²) >= 11 is 1.65. The Morgan fingerprint density at radius 1 is 0.872 bits per heavy atom. The normalized spacial score (nSPS) is 14.7. The molecule has 1 saturated heterocycles. The van der Waals surface area contributed by atoms with Crippen LogP contribution in [0.2, 0.25) is 0 Å². The first-order valence-corrected chi connectivity index (χ1v) is 14.2. The molecule has 0 aliphatic carbocycles. The van der Waals surface area contributed by atoms with E-state index < -0.39 is 0 Å². The van der Waals surface area contributed by atoms with Gasteiger partial charge in [0.1, 0.15) is 12.1 Å². The number of benzene rings is 2. The number of hydrogen-bond donors (Lipinski definition) is 2. The molecule has 0 spiro atoms. The van der Waals surface area contributed by atoms with Crippen LogP contribution in [0, 0.1) is 0 Å². The van der Waals surface area contributed by atoms with E-state index in [9.17, 15) is 0 Å². The highest BCUT2D eigenvalue weighted by Gasteiger charge is 2.22. The molecule has 39 heavy (non-hydrogen) atoms. The summed E-state index contributed by atoms with van der Waals surface area (Å²) in [4.78, 5) is 21.7. The van der Waals surface area contributed by atoms with Crippen LogP contribution in [0.1, 0.15) is 18.4 Å². The quantitative estimate of drug-likeness (QED) is 0.252. The lowest BCUT2D eigenvalue weighted by Gasteiger charge is -2.32. The van der Waals surface area contributed by atoms with E-state index >= 15 is 0 Å². The highest BCUT2D eigenvalue weighted by atomic mass is 32.1. The second-order valence-corrected chi connectivity index (χ2v) is 10.6. The Hall–Kier alpha value is -4.34. The third-order valence-electron chi connectivity index (χ3n) is 7.26. The number of thiophene rings is 1. The van der Waals surface area contributed by atoms with Crippen molar-refractivity contribution in [3.63, 3.8) is 0 Å². The van der Waals surface area contributed by atoms with Gasteiger partial charge in [0, 0.05) is 42.6 Å². The van der Waals surface area contributed by atoms with Crippen molar-refractivity contribution in [3.8, 4) is 5.69 Å². The number of likely N-dealkylation sites (tertiary alicyclic amines) is 1. The highest BCUT2D eigenvalue weighted by Crippen LogP contribution is 2.29. The molecule has 1 aliphatic rings. The maximum Gasteiger partial charge on any atom is 0.232 e. The summed E-state index contributed by atoms with van der Waals surface area (Å²) in [5.74, 6) is 1.97. The summed E-state index contributed by atoms with van der Waals surface area (Å²) in [6.07, 6.45) is 5.71. The highest BCUT2D eigenvalue weighted by molar-refractivity contribution is 7.08. The summed E-state index contributed by atoms with van der Waals surface area (Å²) in [5.41, 5.74) is 3.92. The number of nitrogens with one attached hydrogen (secondary N) is 2. The Balaban J connectivity index is 1.18. The third kappa shape index (κ3) is 4.94. The van der Waals surface area contributed by atoms with E-state index in [-0.39, 0.29) is 0 Å². The van der Waals surface area contributed by atoms with Gasteiger partial charge in [-0.3, -0.25) is 9.47 Å². The number of imidazole rings is 1. The second-order valence-electron chi connectivity index (χ2n) is 9.85. The lowest BCUT2D eigenvalue weighted by atomic mass is 10.0. The van der Waals surface area contributed by atoms with Crippen LogP contribution in [-0.4, -0.2) is 48.5 Å². The van der Waals surface area contributed by atoms with Crippen LogP contribution >= 0.6 is 11.3 Å². The van der Waals surface area contributed by atoms with E-state index in [4.69, 9.17) is 15.0 Å². The predicted molar refractivity (Wildman–Crippen MR) is 158 cm³/mol. The first-order chi connectivity index (χ1) is 19.3. The van der Waals surface area contributed by atoms with E-state index in [0.717, 1.165) is 71.7 Å². The molecule has 9 heteroatoms. The molecule has 0 saturated carbocycles. The number of pyridine rings is 1. The van der Waals surface area contributed by atoms with Gasteiger partial charge in [-0.2, -0.15) is 21.3 Å². The Labute approximate surface area is 230 Å². The molecule has 8 nitrogen and oxygen atoms in total. The van der Waals surface area contributed by atoms with Crippen molar-refractivity contribution < 1.29 is 0 Å². The number of aromatic nitrogens is 5. The van der Waals surface area contributed by atoms with Gasteiger partial charge in [-0.1, -0.05) is 54.6 Å². The van der Waals surface area contributed by atoms with E-state index in [1.165, 1.54) is 5.56 Å². The summed E-state index contributed by atoms with van der Waals surface area (Å²) in [5, 5.41) is 13.4. The smallest absolute Gasteiger partial charge is 0.232 e. The van der Waals surface area contributed by atoms with Crippen LogP contribution in [0.25, 0.3) is 27.6 Å². The molecule has 6 aromatic rings. The van der Waals surface area contributed by atoms with Crippen molar-refractivity contribution in [2.24, 2.45) is 0 Å². The average Bonchev–Trinajstić information content (AvgIpc) is 3.65. The number of rotatable bonds is 7. The van der Waals surface area contributed by atoms with Crippen LogP contribution in [0.3, 0.4) is 0 Å². The fraction of sp³-hybridized carbons (Fsp3) is 0.200. The first-order valence-electron chi connectivity index (χ1n) is 13.2. The number of nitrogens with zero attached hydrogens (tertiary/aromatic N) is 6. The molecular formula is C30H28N8S. The van der Waals surface area contributed by atoms with Gasteiger partial charge in [0.15, 0.2) is 17.0 Å². The van der Waals surface area contributed by atoms with Crippen molar-refractivity contribution in [2.75, 3.05) is 23.7 Å². The van der Waals surface area contributed by atoms with Gasteiger partial charge in [-0.15, -0.1) is 0 Å². The first kappa shape index (κ1) is 23.8. The molecule has 0 atom stereocenters. The van der Waals surface area contributed by atoms with Gasteiger partial charge in [-0.25, -0.2) is 9.97 Å². The molecule has 0 radical (unpaired) electrons. The molecular weight excluding hydrogens is 504 g/mol. The van der Waals surface area contributed by atoms with E-state index in [1.807, 2.05) is 29.1 Å². The standard InChI is InChI=1S/C30H28N8S/c1-2-6-21(7-3-1)18-37-15-11-23(12-16-37)33-28-26-29(38(20-32-26)24-13-17-39-19-24)36-30(35-28)34-27-25-9-5-4-8-22(25)10-14-31-27/h1-10,13-14,17,19-20,23H,11-12,15-16,18H2,(H2,31,33,34,35,36). The fourth-order valence-electron chi connectivity index (χ4n) is 5.24. The molecule has 0 amide bonds. The van der Waals surface area contributed by atoms with Gasteiger partial charge in [-0.05, 0) is 41.3 Å². The fourth-order valence-corrected chi connectivity index (χ4v) is 5.86. The largest absolute Gasteiger partial charge is 0.365 e. The van der Waals surface area contributed by atoms with Gasteiger partial charge in [0.2, 0.25) is 5.95 Å². The van der Waals surface area contributed by atoms with Crippen molar-refractivity contribution in [3.05, 3.63) is 95.6 Å². The molecule has 0 unspecified atom stereocenters. The van der Waals surface area contributed by atoms with Gasteiger partial charge >= 0.3 is 0 Å². The zero-order valence-electron chi connectivity index (χ0n) is 21.4. The van der Waals surface area contributed by atoms with E-state index in [1.54, 1.807) is 17.5 Å². The lowest BCUT2D eigenvalue weighted by Crippen LogP contribution is -2.38. The van der Waals surface area contributed by atoms with Gasteiger partial charge < -0.3 is 10.6 Å². The minimum atomic E-state index is 0.310. The molecule has 7 rings (SSSR count). The molecule has 1 aliphatic heterocycles. The topological polar surface area (TPSA) is 83.8 Å². The van der Waals surface area contributed by atoms with Crippen molar-refractivity contribution in [1.82, 2.24) is 29.4 Å².